The number of rotatable bonds is 3. The van der Waals surface area contributed by atoms with E-state index in [2.05, 4.69) is 15.9 Å². The summed E-state index contributed by atoms with van der Waals surface area (Å²) in [5.41, 5.74) is 1.45. The van der Waals surface area contributed by atoms with Gasteiger partial charge in [-0.2, -0.15) is 0 Å². The zero-order valence-corrected chi connectivity index (χ0v) is 10.8. The van der Waals surface area contributed by atoms with Gasteiger partial charge in [0.15, 0.2) is 0 Å². The Bertz CT molecular complexity index is 568. The van der Waals surface area contributed by atoms with E-state index in [1.165, 1.54) is 12.8 Å². The van der Waals surface area contributed by atoms with Crippen molar-refractivity contribution < 1.29 is 9.90 Å². The summed E-state index contributed by atoms with van der Waals surface area (Å²) in [6.45, 7) is 0.834. The lowest BCUT2D eigenvalue weighted by Gasteiger charge is -2.06. The average molecular weight is 300 g/mol. The number of thiophene rings is 1. The normalized spacial score (nSPS) is 15.8. The molecule has 84 valence electrons. The summed E-state index contributed by atoms with van der Waals surface area (Å²) in [6.07, 6.45) is 2.45. The third-order valence-corrected chi connectivity index (χ3v) is 4.76. The molecule has 0 spiro atoms. The molecule has 1 saturated carbocycles. The highest BCUT2D eigenvalue weighted by Crippen LogP contribution is 2.37. The maximum absolute atomic E-state index is 11.2. The first kappa shape index (κ1) is 10.4. The van der Waals surface area contributed by atoms with Crippen LogP contribution in [0.2, 0.25) is 0 Å². The molecule has 1 aliphatic carbocycles. The van der Waals surface area contributed by atoms with E-state index in [0.717, 1.165) is 21.2 Å². The molecule has 2 heterocycles. The third-order valence-electron chi connectivity index (χ3n) is 2.93. The van der Waals surface area contributed by atoms with Crippen LogP contribution >= 0.6 is 27.3 Å². The summed E-state index contributed by atoms with van der Waals surface area (Å²) >= 11 is 5.07. The Morgan fingerprint density at radius 1 is 1.62 bits per heavy atom. The van der Waals surface area contributed by atoms with Crippen molar-refractivity contribution in [3.8, 4) is 0 Å². The van der Waals surface area contributed by atoms with E-state index < -0.39 is 5.97 Å². The van der Waals surface area contributed by atoms with E-state index in [0.29, 0.717) is 11.6 Å². The van der Waals surface area contributed by atoms with E-state index >= 15 is 0 Å². The number of carboxylic acid groups (broad SMARTS) is 1. The molecule has 0 saturated heterocycles. The van der Waals surface area contributed by atoms with Gasteiger partial charge in [0.1, 0.15) is 5.69 Å². The maximum Gasteiger partial charge on any atom is 0.352 e. The highest BCUT2D eigenvalue weighted by Gasteiger charge is 2.26. The van der Waals surface area contributed by atoms with Crippen LogP contribution in [0.3, 0.4) is 0 Å². The molecule has 3 rings (SSSR count). The molecule has 2 aromatic heterocycles. The molecule has 1 aliphatic rings. The molecule has 0 aliphatic heterocycles. The number of hydrogen-bond acceptors (Lipinski definition) is 2. The van der Waals surface area contributed by atoms with Crippen molar-refractivity contribution in [2.75, 3.05) is 0 Å². The number of fused-ring (bicyclic) bond motifs is 1. The highest BCUT2D eigenvalue weighted by molar-refractivity contribution is 9.10. The first-order valence-electron chi connectivity index (χ1n) is 5.16. The quantitative estimate of drug-likeness (QED) is 0.941. The molecule has 1 N–H and O–H groups in total. The SMILES string of the molecule is O=C(O)c1cc2scc(Br)c2n1CC1CC1. The van der Waals surface area contributed by atoms with Crippen LogP contribution in [0.25, 0.3) is 10.2 Å². The van der Waals surface area contributed by atoms with Crippen molar-refractivity contribution >= 4 is 43.5 Å². The monoisotopic (exact) mass is 299 g/mol. The van der Waals surface area contributed by atoms with Crippen LogP contribution in [0.4, 0.5) is 0 Å². The number of hydrogen-bond donors (Lipinski definition) is 1. The molecule has 0 atom stereocenters. The van der Waals surface area contributed by atoms with Gasteiger partial charge >= 0.3 is 5.97 Å². The van der Waals surface area contributed by atoms with Gasteiger partial charge in [0.25, 0.3) is 0 Å². The standard InChI is InChI=1S/C11H10BrNO2S/c12-7-5-16-9-3-8(11(14)15)13(10(7)9)4-6-1-2-6/h3,5-6H,1-2,4H2,(H,14,15). The lowest BCUT2D eigenvalue weighted by Crippen LogP contribution is -2.09. The van der Waals surface area contributed by atoms with Gasteiger partial charge < -0.3 is 9.67 Å². The minimum absolute atomic E-state index is 0.412. The molecule has 16 heavy (non-hydrogen) atoms. The molecule has 0 amide bonds. The van der Waals surface area contributed by atoms with E-state index in [9.17, 15) is 9.90 Å². The fourth-order valence-electron chi connectivity index (χ4n) is 1.96. The zero-order valence-electron chi connectivity index (χ0n) is 8.44. The van der Waals surface area contributed by atoms with Gasteiger partial charge in [0.05, 0.1) is 14.7 Å². The van der Waals surface area contributed by atoms with Crippen molar-refractivity contribution in [1.82, 2.24) is 4.57 Å². The Labute approximate surface area is 105 Å². The van der Waals surface area contributed by atoms with Gasteiger partial charge in [-0.1, -0.05) is 0 Å². The van der Waals surface area contributed by atoms with Gasteiger partial charge in [0, 0.05) is 11.9 Å². The fourth-order valence-corrected chi connectivity index (χ4v) is 3.65. The third kappa shape index (κ3) is 1.58. The lowest BCUT2D eigenvalue weighted by atomic mass is 10.4. The number of halogens is 1. The predicted molar refractivity (Wildman–Crippen MR) is 67.2 cm³/mol. The van der Waals surface area contributed by atoms with Gasteiger partial charge in [-0.05, 0) is 40.8 Å². The summed E-state index contributed by atoms with van der Waals surface area (Å²) in [5, 5.41) is 11.2. The van der Waals surface area contributed by atoms with Gasteiger partial charge in [0.2, 0.25) is 0 Å². The Morgan fingerprint density at radius 2 is 2.38 bits per heavy atom. The van der Waals surface area contributed by atoms with Crippen LogP contribution in [0.5, 0.6) is 0 Å². The van der Waals surface area contributed by atoms with E-state index in [1.54, 1.807) is 17.4 Å². The summed E-state index contributed by atoms with van der Waals surface area (Å²) in [7, 11) is 0. The van der Waals surface area contributed by atoms with Crippen LogP contribution in [0, 0.1) is 5.92 Å². The number of carboxylic acids is 1. The van der Waals surface area contributed by atoms with Gasteiger partial charge in [-0.15, -0.1) is 11.3 Å². The molecular weight excluding hydrogens is 290 g/mol. The largest absolute Gasteiger partial charge is 0.477 e. The Kier molecular flexibility index (Phi) is 2.33. The van der Waals surface area contributed by atoms with Crippen molar-refractivity contribution in [2.24, 2.45) is 5.92 Å². The van der Waals surface area contributed by atoms with Crippen LogP contribution in [-0.2, 0) is 6.54 Å². The first-order chi connectivity index (χ1) is 7.66. The minimum atomic E-state index is -0.837. The Hall–Kier alpha value is -0.810. The zero-order chi connectivity index (χ0) is 11.3. The number of carbonyl (C=O) groups is 1. The van der Waals surface area contributed by atoms with Gasteiger partial charge in [-0.3, -0.25) is 0 Å². The van der Waals surface area contributed by atoms with Gasteiger partial charge in [-0.25, -0.2) is 4.79 Å². The van der Waals surface area contributed by atoms with E-state index in [1.807, 2.05) is 9.95 Å². The summed E-state index contributed by atoms with van der Waals surface area (Å²) < 4.78 is 3.99. The van der Waals surface area contributed by atoms with Crippen LogP contribution < -0.4 is 0 Å². The second-order valence-corrected chi connectivity index (χ2v) is 5.95. The average Bonchev–Trinajstić information content (AvgIpc) is 2.85. The number of nitrogens with zero attached hydrogens (tertiary/aromatic N) is 1. The summed E-state index contributed by atoms with van der Waals surface area (Å²) in [6, 6.07) is 1.77. The topological polar surface area (TPSA) is 42.2 Å². The lowest BCUT2D eigenvalue weighted by molar-refractivity contribution is 0.0685. The van der Waals surface area contributed by atoms with Crippen molar-refractivity contribution in [1.29, 1.82) is 0 Å². The first-order valence-corrected chi connectivity index (χ1v) is 6.83. The molecule has 0 bridgehead atoms. The van der Waals surface area contributed by atoms with E-state index in [4.69, 9.17) is 0 Å². The highest BCUT2D eigenvalue weighted by atomic mass is 79.9. The molecule has 2 aromatic rings. The maximum atomic E-state index is 11.2. The molecule has 5 heteroatoms. The van der Waals surface area contributed by atoms with Crippen LogP contribution in [0.1, 0.15) is 23.3 Å². The number of aromatic nitrogens is 1. The van der Waals surface area contributed by atoms with E-state index in [-0.39, 0.29) is 0 Å². The molecule has 0 radical (unpaired) electrons. The molecule has 0 unspecified atom stereocenters. The summed E-state index contributed by atoms with van der Waals surface area (Å²) in [5.74, 6) is -0.170. The number of aromatic carboxylic acids is 1. The van der Waals surface area contributed by atoms with Crippen molar-refractivity contribution in [3.05, 3.63) is 21.6 Å². The fraction of sp³-hybridized carbons (Fsp3) is 0.364. The predicted octanol–water partition coefficient (Wildman–Crippen LogP) is 3.57. The Morgan fingerprint density at radius 3 is 3.00 bits per heavy atom. The second kappa shape index (κ2) is 3.60. The van der Waals surface area contributed by atoms with Crippen LogP contribution in [-0.4, -0.2) is 15.6 Å². The minimum Gasteiger partial charge on any atom is -0.477 e. The molecule has 3 nitrogen and oxygen atoms in total. The Balaban J connectivity index is 2.19. The van der Waals surface area contributed by atoms with Crippen molar-refractivity contribution in [2.45, 2.75) is 19.4 Å². The second-order valence-electron chi connectivity index (χ2n) is 4.19. The summed E-state index contributed by atoms with van der Waals surface area (Å²) in [4.78, 5) is 11.2. The van der Waals surface area contributed by atoms with Crippen LogP contribution in [0.15, 0.2) is 15.9 Å². The molecular formula is C11H10BrNO2S. The smallest absolute Gasteiger partial charge is 0.352 e. The van der Waals surface area contributed by atoms with Crippen molar-refractivity contribution in [3.63, 3.8) is 0 Å². The molecule has 0 aromatic carbocycles. The molecule has 1 fully saturated rings.